The van der Waals surface area contributed by atoms with E-state index in [1.54, 1.807) is 6.92 Å². The lowest BCUT2D eigenvalue weighted by Crippen LogP contribution is -2.37. The number of imide groups is 1. The maximum atomic E-state index is 11.6. The predicted molar refractivity (Wildman–Crippen MR) is 43.9 cm³/mol. The minimum atomic E-state index is -0.663. The largest absolute Gasteiger partial charge is 0.392 e. The molecule has 1 atom stereocenters. The Kier molecular flexibility index (Phi) is 1.60. The number of aliphatic hydroxyl groups is 1. The van der Waals surface area contributed by atoms with Gasteiger partial charge in [-0.05, 0) is 19.8 Å². The highest BCUT2D eigenvalue weighted by Crippen LogP contribution is 2.40. The Balaban J connectivity index is 2.11. The molecular weight excluding hydrogens is 172 g/mol. The molecule has 1 aliphatic heterocycles. The summed E-state index contributed by atoms with van der Waals surface area (Å²) in [5.74, 6) is -0.182. The summed E-state index contributed by atoms with van der Waals surface area (Å²) in [5, 5.41) is 11.7. The van der Waals surface area contributed by atoms with Gasteiger partial charge in [0.25, 0.3) is 5.91 Å². The van der Waals surface area contributed by atoms with Crippen LogP contribution in [0.15, 0.2) is 0 Å². The van der Waals surface area contributed by atoms with E-state index in [1.165, 1.54) is 0 Å². The van der Waals surface area contributed by atoms with Gasteiger partial charge in [0.1, 0.15) is 5.54 Å². The minimum absolute atomic E-state index is 0.0897. The molecule has 0 radical (unpaired) electrons. The highest BCUT2D eigenvalue weighted by Gasteiger charge is 2.59. The zero-order valence-electron chi connectivity index (χ0n) is 7.41. The normalized spacial score (nSPS) is 26.5. The number of nitrogens with zero attached hydrogens (tertiary/aromatic N) is 1. The lowest BCUT2D eigenvalue weighted by atomic mass is 10.2. The van der Waals surface area contributed by atoms with Crippen LogP contribution in [0.3, 0.4) is 0 Å². The third kappa shape index (κ3) is 1.19. The summed E-state index contributed by atoms with van der Waals surface area (Å²) in [6.07, 6.45) is 0.797. The summed E-state index contributed by atoms with van der Waals surface area (Å²) >= 11 is 0. The average Bonchev–Trinajstić information content (AvgIpc) is 2.75. The summed E-state index contributed by atoms with van der Waals surface area (Å²) in [6.45, 7) is 1.64. The van der Waals surface area contributed by atoms with E-state index in [2.05, 4.69) is 5.32 Å². The van der Waals surface area contributed by atoms with Crippen molar-refractivity contribution in [1.82, 2.24) is 10.2 Å². The van der Waals surface area contributed by atoms with Crippen LogP contribution in [0.25, 0.3) is 0 Å². The Bertz CT molecular complexity index is 271. The first-order chi connectivity index (χ1) is 6.05. The van der Waals surface area contributed by atoms with E-state index in [9.17, 15) is 9.59 Å². The molecule has 1 spiro atoms. The van der Waals surface area contributed by atoms with E-state index in [0.29, 0.717) is 0 Å². The lowest BCUT2D eigenvalue weighted by Gasteiger charge is -2.14. The highest BCUT2D eigenvalue weighted by molar-refractivity contribution is 6.08. The second-order valence-corrected chi connectivity index (χ2v) is 3.78. The van der Waals surface area contributed by atoms with Crippen LogP contribution in [-0.2, 0) is 4.79 Å². The lowest BCUT2D eigenvalue weighted by molar-refractivity contribution is -0.129. The fourth-order valence-electron chi connectivity index (χ4n) is 1.57. The molecule has 5 heteroatoms. The Morgan fingerprint density at radius 3 is 2.62 bits per heavy atom. The maximum Gasteiger partial charge on any atom is 0.325 e. The zero-order chi connectivity index (χ0) is 9.64. The standard InChI is InChI=1S/C8H12N2O3/c1-5(11)4-10-6(12)8(2-3-8)9-7(10)13/h5,11H,2-4H2,1H3,(H,9,13). The molecule has 0 aromatic carbocycles. The summed E-state index contributed by atoms with van der Waals surface area (Å²) in [4.78, 5) is 23.9. The Morgan fingerprint density at radius 1 is 1.62 bits per heavy atom. The topological polar surface area (TPSA) is 69.6 Å². The zero-order valence-corrected chi connectivity index (χ0v) is 7.41. The minimum Gasteiger partial charge on any atom is -0.392 e. The van der Waals surface area contributed by atoms with Crippen molar-refractivity contribution in [1.29, 1.82) is 0 Å². The molecule has 0 aromatic rings. The van der Waals surface area contributed by atoms with Gasteiger partial charge in [-0.1, -0.05) is 0 Å². The van der Waals surface area contributed by atoms with E-state index in [-0.39, 0.29) is 18.5 Å². The molecule has 0 aromatic heterocycles. The molecule has 3 amide bonds. The molecule has 1 heterocycles. The first-order valence-electron chi connectivity index (χ1n) is 4.37. The van der Waals surface area contributed by atoms with Gasteiger partial charge in [-0.15, -0.1) is 0 Å². The number of carbonyl (C=O) groups is 2. The second kappa shape index (κ2) is 2.45. The van der Waals surface area contributed by atoms with Crippen LogP contribution in [0.1, 0.15) is 19.8 Å². The average molecular weight is 184 g/mol. The molecule has 1 saturated heterocycles. The molecule has 5 nitrogen and oxygen atoms in total. The number of urea groups is 1. The van der Waals surface area contributed by atoms with E-state index < -0.39 is 11.6 Å². The number of β-amino-alcohol motifs (C(OH)–C–C–N with tert-alkyl or cyclic N) is 1. The number of aliphatic hydroxyl groups excluding tert-OH is 1. The van der Waals surface area contributed by atoms with Gasteiger partial charge in [0.15, 0.2) is 0 Å². The van der Waals surface area contributed by atoms with Crippen molar-refractivity contribution in [2.24, 2.45) is 0 Å². The number of amides is 3. The smallest absolute Gasteiger partial charge is 0.325 e. The molecule has 72 valence electrons. The Morgan fingerprint density at radius 2 is 2.23 bits per heavy atom. The van der Waals surface area contributed by atoms with Crippen molar-refractivity contribution in [3.05, 3.63) is 0 Å². The predicted octanol–water partition coefficient (Wildman–Crippen LogP) is -0.548. The van der Waals surface area contributed by atoms with Crippen molar-refractivity contribution in [2.75, 3.05) is 6.54 Å². The van der Waals surface area contributed by atoms with Crippen LogP contribution < -0.4 is 5.32 Å². The van der Waals surface area contributed by atoms with E-state index >= 15 is 0 Å². The molecule has 2 N–H and O–H groups in total. The van der Waals surface area contributed by atoms with Crippen LogP contribution >= 0.6 is 0 Å². The van der Waals surface area contributed by atoms with Gasteiger partial charge in [0, 0.05) is 0 Å². The fourth-order valence-corrected chi connectivity index (χ4v) is 1.57. The summed E-state index contributed by atoms with van der Waals surface area (Å²) in [5.41, 5.74) is -0.591. The monoisotopic (exact) mass is 184 g/mol. The molecular formula is C8H12N2O3. The number of nitrogens with one attached hydrogen (secondary N) is 1. The molecule has 2 aliphatic rings. The first-order valence-corrected chi connectivity index (χ1v) is 4.37. The fraction of sp³-hybridized carbons (Fsp3) is 0.750. The van der Waals surface area contributed by atoms with Crippen molar-refractivity contribution in [3.8, 4) is 0 Å². The molecule has 2 fully saturated rings. The molecule has 2 rings (SSSR count). The van der Waals surface area contributed by atoms with E-state index in [4.69, 9.17) is 5.11 Å². The number of rotatable bonds is 2. The molecule has 1 unspecified atom stereocenters. The number of carbonyl (C=O) groups excluding carboxylic acids is 2. The van der Waals surface area contributed by atoms with Gasteiger partial charge in [0.05, 0.1) is 12.6 Å². The Labute approximate surface area is 75.7 Å². The molecule has 1 aliphatic carbocycles. The second-order valence-electron chi connectivity index (χ2n) is 3.78. The molecule has 0 bridgehead atoms. The van der Waals surface area contributed by atoms with Crippen LogP contribution in [0.2, 0.25) is 0 Å². The maximum absolute atomic E-state index is 11.6. The van der Waals surface area contributed by atoms with Crippen molar-refractivity contribution >= 4 is 11.9 Å². The van der Waals surface area contributed by atoms with Gasteiger partial charge >= 0.3 is 6.03 Å². The summed E-state index contributed by atoms with van der Waals surface area (Å²) in [7, 11) is 0. The van der Waals surface area contributed by atoms with E-state index in [0.717, 1.165) is 17.7 Å². The van der Waals surface area contributed by atoms with Gasteiger partial charge < -0.3 is 10.4 Å². The van der Waals surface area contributed by atoms with Crippen LogP contribution in [0.5, 0.6) is 0 Å². The third-order valence-electron chi connectivity index (χ3n) is 2.44. The Hall–Kier alpha value is -1.10. The van der Waals surface area contributed by atoms with Crippen LogP contribution in [-0.4, -0.2) is 40.1 Å². The van der Waals surface area contributed by atoms with Crippen LogP contribution in [0, 0.1) is 0 Å². The van der Waals surface area contributed by atoms with Gasteiger partial charge in [-0.3, -0.25) is 9.69 Å². The summed E-state index contributed by atoms with van der Waals surface area (Å²) < 4.78 is 0. The van der Waals surface area contributed by atoms with Gasteiger partial charge in [-0.25, -0.2) is 4.79 Å². The van der Waals surface area contributed by atoms with Crippen molar-refractivity contribution in [3.63, 3.8) is 0 Å². The quantitative estimate of drug-likeness (QED) is 0.566. The van der Waals surface area contributed by atoms with Crippen molar-refractivity contribution in [2.45, 2.75) is 31.4 Å². The molecule has 1 saturated carbocycles. The molecule has 13 heavy (non-hydrogen) atoms. The number of hydrogen-bond acceptors (Lipinski definition) is 3. The van der Waals surface area contributed by atoms with Gasteiger partial charge in [-0.2, -0.15) is 0 Å². The highest BCUT2D eigenvalue weighted by atomic mass is 16.3. The first kappa shape index (κ1) is 8.50. The number of hydrogen-bond donors (Lipinski definition) is 2. The van der Waals surface area contributed by atoms with E-state index in [1.807, 2.05) is 0 Å². The van der Waals surface area contributed by atoms with Gasteiger partial charge in [0.2, 0.25) is 0 Å². The third-order valence-corrected chi connectivity index (χ3v) is 2.44. The van der Waals surface area contributed by atoms with Crippen molar-refractivity contribution < 1.29 is 14.7 Å². The SMILES string of the molecule is CC(O)CN1C(=O)NC2(CC2)C1=O. The summed E-state index contributed by atoms with van der Waals surface area (Å²) in [6, 6.07) is -0.372. The van der Waals surface area contributed by atoms with Crippen LogP contribution in [0.4, 0.5) is 4.79 Å².